The zero-order valence-corrected chi connectivity index (χ0v) is 15.7. The van der Waals surface area contributed by atoms with Crippen molar-refractivity contribution in [1.82, 2.24) is 4.90 Å². The van der Waals surface area contributed by atoms with Gasteiger partial charge in [0.15, 0.2) is 11.6 Å². The monoisotopic (exact) mass is 395 g/mol. The lowest BCUT2D eigenvalue weighted by atomic mass is 9.86. The minimum atomic E-state index is -1.32. The zero-order valence-electron chi connectivity index (χ0n) is 15.7. The van der Waals surface area contributed by atoms with Gasteiger partial charge >= 0.3 is 0 Å². The van der Waals surface area contributed by atoms with Crippen LogP contribution in [0.4, 0.5) is 24.5 Å². The second-order valence-corrected chi connectivity index (χ2v) is 7.29. The summed E-state index contributed by atoms with van der Waals surface area (Å²) in [6.07, 6.45) is -0.693. The van der Waals surface area contributed by atoms with E-state index in [-0.39, 0.29) is 30.0 Å². The summed E-state index contributed by atoms with van der Waals surface area (Å²) in [6, 6.07) is 6.04. The normalized spacial score (nSPS) is 18.4. The molecule has 1 saturated heterocycles. The van der Waals surface area contributed by atoms with Gasteiger partial charge in [0.25, 0.3) is 0 Å². The lowest BCUT2D eigenvalue weighted by Crippen LogP contribution is -2.69. The first-order valence-electron chi connectivity index (χ1n) is 9.09. The van der Waals surface area contributed by atoms with Crippen LogP contribution in [-0.2, 0) is 6.42 Å². The molecule has 5 N–H and O–H groups in total. The number of likely N-dealkylation sites (tertiary alicyclic amines) is 1. The highest BCUT2D eigenvalue weighted by Crippen LogP contribution is 2.37. The van der Waals surface area contributed by atoms with Gasteiger partial charge in [-0.1, -0.05) is 13.0 Å². The van der Waals surface area contributed by atoms with Crippen molar-refractivity contribution in [2.75, 3.05) is 18.4 Å². The minimum absolute atomic E-state index is 0.0320. The molecule has 5 nitrogen and oxygen atoms in total. The first-order chi connectivity index (χ1) is 13.2. The predicted molar refractivity (Wildman–Crippen MR) is 101 cm³/mol. The Morgan fingerprint density at radius 3 is 2.43 bits per heavy atom. The van der Waals surface area contributed by atoms with Gasteiger partial charge in [-0.2, -0.15) is 0 Å². The molecule has 2 atom stereocenters. The van der Waals surface area contributed by atoms with E-state index in [1.807, 2.05) is 6.92 Å². The lowest BCUT2D eigenvalue weighted by molar-refractivity contribution is -0.169. The van der Waals surface area contributed by atoms with Crippen LogP contribution in [0.3, 0.4) is 0 Å². The fourth-order valence-corrected chi connectivity index (χ4v) is 3.24. The SMILES string of the molecule is CCc1ccc(Nc2c(C(O)N3CC(O)(C(C)N)C3)ccc(F)c2F)c(F)c1. The highest BCUT2D eigenvalue weighted by molar-refractivity contribution is 5.65. The molecule has 3 rings (SSSR count). The molecule has 1 aliphatic rings. The number of benzene rings is 2. The van der Waals surface area contributed by atoms with Gasteiger partial charge < -0.3 is 21.3 Å². The quantitative estimate of drug-likeness (QED) is 0.605. The van der Waals surface area contributed by atoms with Crippen molar-refractivity contribution in [1.29, 1.82) is 0 Å². The second-order valence-electron chi connectivity index (χ2n) is 7.29. The van der Waals surface area contributed by atoms with E-state index in [0.717, 1.165) is 11.6 Å². The molecule has 28 heavy (non-hydrogen) atoms. The fourth-order valence-electron chi connectivity index (χ4n) is 3.24. The standard InChI is InChI=1S/C20H24F3N3O2/c1-3-12-4-7-16(15(22)8-12)25-18-13(5-6-14(21)17(18)23)19(27)26-9-20(28,10-26)11(2)24/h4-8,11,19,25,27-28H,3,9-10,24H2,1-2H3. The summed E-state index contributed by atoms with van der Waals surface area (Å²) in [4.78, 5) is 1.47. The number of nitrogens with two attached hydrogens (primary N) is 1. The molecule has 1 fully saturated rings. The lowest BCUT2D eigenvalue weighted by Gasteiger charge is -2.50. The number of aliphatic hydroxyl groups is 2. The fraction of sp³-hybridized carbons (Fsp3) is 0.400. The van der Waals surface area contributed by atoms with E-state index in [1.165, 1.54) is 23.1 Å². The molecule has 152 valence electrons. The van der Waals surface area contributed by atoms with Crippen LogP contribution in [0, 0.1) is 17.5 Å². The zero-order chi connectivity index (χ0) is 20.6. The Hall–Kier alpha value is -2.13. The summed E-state index contributed by atoms with van der Waals surface area (Å²) in [5.41, 5.74) is 4.97. The van der Waals surface area contributed by atoms with Gasteiger partial charge in [-0.15, -0.1) is 0 Å². The summed E-state index contributed by atoms with van der Waals surface area (Å²) < 4.78 is 42.6. The first-order valence-corrected chi connectivity index (χ1v) is 9.09. The van der Waals surface area contributed by atoms with Crippen molar-refractivity contribution in [2.45, 2.75) is 38.1 Å². The number of β-amino-alcohol motifs (C(OH)–C–C–N with tert-alkyl or cyclic N) is 1. The average Bonchev–Trinajstić information content (AvgIpc) is 2.63. The van der Waals surface area contributed by atoms with Crippen LogP contribution in [0.15, 0.2) is 30.3 Å². The van der Waals surface area contributed by atoms with Gasteiger partial charge in [-0.25, -0.2) is 13.2 Å². The molecule has 0 spiro atoms. The molecule has 0 bridgehead atoms. The second kappa shape index (κ2) is 7.71. The Morgan fingerprint density at radius 2 is 1.86 bits per heavy atom. The smallest absolute Gasteiger partial charge is 0.182 e. The summed E-state index contributed by atoms with van der Waals surface area (Å²) in [5, 5.41) is 23.5. The minimum Gasteiger partial charge on any atom is -0.386 e. The third-order valence-electron chi connectivity index (χ3n) is 5.25. The van der Waals surface area contributed by atoms with Gasteiger partial charge in [0.2, 0.25) is 0 Å². The van der Waals surface area contributed by atoms with Crippen molar-refractivity contribution in [3.05, 3.63) is 58.9 Å². The number of hydrogen-bond donors (Lipinski definition) is 4. The first kappa shape index (κ1) is 20.6. The number of rotatable bonds is 6. The van der Waals surface area contributed by atoms with Gasteiger partial charge in [0.05, 0.1) is 11.4 Å². The van der Waals surface area contributed by atoms with E-state index in [4.69, 9.17) is 5.73 Å². The molecule has 8 heteroatoms. The Labute approximate surface area is 161 Å². The third-order valence-corrected chi connectivity index (χ3v) is 5.25. The number of anilines is 2. The summed E-state index contributed by atoms with van der Waals surface area (Å²) in [5.74, 6) is -2.96. The van der Waals surface area contributed by atoms with Crippen LogP contribution in [0.1, 0.15) is 31.2 Å². The summed E-state index contributed by atoms with van der Waals surface area (Å²) in [6.45, 7) is 3.67. The van der Waals surface area contributed by atoms with E-state index in [1.54, 1.807) is 13.0 Å². The summed E-state index contributed by atoms with van der Waals surface area (Å²) in [7, 11) is 0. The maximum atomic E-state index is 14.5. The van der Waals surface area contributed by atoms with Crippen molar-refractivity contribution in [2.24, 2.45) is 5.73 Å². The topological polar surface area (TPSA) is 81.8 Å². The molecule has 1 heterocycles. The van der Waals surface area contributed by atoms with Crippen LogP contribution in [0.5, 0.6) is 0 Å². The number of nitrogens with zero attached hydrogens (tertiary/aromatic N) is 1. The van der Waals surface area contributed by atoms with Crippen molar-refractivity contribution in [3.8, 4) is 0 Å². The van der Waals surface area contributed by atoms with E-state index >= 15 is 0 Å². The van der Waals surface area contributed by atoms with Gasteiger partial charge in [0.1, 0.15) is 17.6 Å². The van der Waals surface area contributed by atoms with Crippen LogP contribution >= 0.6 is 0 Å². The van der Waals surface area contributed by atoms with Crippen molar-refractivity contribution >= 4 is 11.4 Å². The Morgan fingerprint density at radius 1 is 1.18 bits per heavy atom. The van der Waals surface area contributed by atoms with Crippen molar-refractivity contribution in [3.63, 3.8) is 0 Å². The molecule has 0 aromatic heterocycles. The van der Waals surface area contributed by atoms with Crippen LogP contribution in [0.2, 0.25) is 0 Å². The largest absolute Gasteiger partial charge is 0.386 e. The number of hydrogen-bond acceptors (Lipinski definition) is 5. The predicted octanol–water partition coefficient (Wildman–Crippen LogP) is 2.79. The maximum absolute atomic E-state index is 14.5. The van der Waals surface area contributed by atoms with Gasteiger partial charge in [0, 0.05) is 24.7 Å². The molecule has 0 aliphatic carbocycles. The molecular formula is C20H24F3N3O2. The Bertz CT molecular complexity index is 870. The molecule has 0 saturated carbocycles. The molecule has 0 amide bonds. The van der Waals surface area contributed by atoms with Crippen LogP contribution < -0.4 is 11.1 Å². The Kier molecular flexibility index (Phi) is 5.67. The average molecular weight is 395 g/mol. The molecular weight excluding hydrogens is 371 g/mol. The van der Waals surface area contributed by atoms with Gasteiger partial charge in [-0.05, 0) is 43.2 Å². The third kappa shape index (κ3) is 3.73. The Balaban J connectivity index is 1.90. The molecule has 2 aromatic rings. The van der Waals surface area contributed by atoms with E-state index < -0.39 is 35.3 Å². The van der Waals surface area contributed by atoms with Crippen LogP contribution in [-0.4, -0.2) is 39.8 Å². The van der Waals surface area contributed by atoms with Crippen molar-refractivity contribution < 1.29 is 23.4 Å². The number of halogens is 3. The van der Waals surface area contributed by atoms with E-state index in [0.29, 0.717) is 6.42 Å². The maximum Gasteiger partial charge on any atom is 0.182 e. The molecule has 1 aliphatic heterocycles. The number of aryl methyl sites for hydroxylation is 1. The molecule has 0 radical (unpaired) electrons. The highest BCUT2D eigenvalue weighted by Gasteiger charge is 2.47. The van der Waals surface area contributed by atoms with Gasteiger partial charge in [-0.3, -0.25) is 4.90 Å². The molecule has 2 aromatic carbocycles. The number of nitrogens with one attached hydrogen (secondary N) is 1. The van der Waals surface area contributed by atoms with Crippen LogP contribution in [0.25, 0.3) is 0 Å². The van der Waals surface area contributed by atoms with E-state index in [9.17, 15) is 23.4 Å². The number of aliphatic hydroxyl groups excluding tert-OH is 1. The summed E-state index contributed by atoms with van der Waals surface area (Å²) >= 11 is 0. The van der Waals surface area contributed by atoms with E-state index in [2.05, 4.69) is 5.32 Å². The highest BCUT2D eigenvalue weighted by atomic mass is 19.2. The molecule has 2 unspecified atom stereocenters.